The van der Waals surface area contributed by atoms with Crippen LogP contribution >= 0.6 is 0 Å². The number of ketones is 1. The maximum atomic E-state index is 10.9. The second-order valence-corrected chi connectivity index (χ2v) is 5.65. The minimum atomic E-state index is -0.673. The monoisotopic (exact) mass is 210 g/mol. The van der Waals surface area contributed by atoms with Crippen LogP contribution in [0.3, 0.4) is 0 Å². The molecule has 1 aliphatic rings. The van der Waals surface area contributed by atoms with Gasteiger partial charge in [0.2, 0.25) is 0 Å². The van der Waals surface area contributed by atoms with Crippen LogP contribution in [0.1, 0.15) is 47.0 Å². The molecule has 86 valence electrons. The highest BCUT2D eigenvalue weighted by molar-refractivity contribution is 5.87. The summed E-state index contributed by atoms with van der Waals surface area (Å²) in [6, 6.07) is 0. The van der Waals surface area contributed by atoms with Gasteiger partial charge in [0.25, 0.3) is 0 Å². The smallest absolute Gasteiger partial charge is 0.152 e. The van der Waals surface area contributed by atoms with Crippen LogP contribution in [0.5, 0.6) is 0 Å². The van der Waals surface area contributed by atoms with E-state index in [-0.39, 0.29) is 17.1 Å². The summed E-state index contributed by atoms with van der Waals surface area (Å²) in [5.74, 6) is 0.120. The molecular weight excluding hydrogens is 188 g/mol. The van der Waals surface area contributed by atoms with Gasteiger partial charge in [-0.25, -0.2) is 0 Å². The molecule has 2 heteroatoms. The van der Waals surface area contributed by atoms with Gasteiger partial charge in [0, 0.05) is 5.92 Å². The number of hydrogen-bond acceptors (Lipinski definition) is 2. The van der Waals surface area contributed by atoms with E-state index in [1.165, 1.54) is 0 Å². The van der Waals surface area contributed by atoms with Crippen LogP contribution in [0.25, 0.3) is 0 Å². The fraction of sp³-hybridized carbons (Fsp3) is 0.769. The predicted molar refractivity (Wildman–Crippen MR) is 61.6 cm³/mol. The second kappa shape index (κ2) is 4.09. The van der Waals surface area contributed by atoms with Gasteiger partial charge in [-0.3, -0.25) is 4.79 Å². The molecule has 0 aromatic carbocycles. The van der Waals surface area contributed by atoms with Gasteiger partial charge in [-0.2, -0.15) is 0 Å². The van der Waals surface area contributed by atoms with Gasteiger partial charge in [-0.1, -0.05) is 26.3 Å². The Morgan fingerprint density at radius 2 is 1.93 bits per heavy atom. The fourth-order valence-corrected chi connectivity index (χ4v) is 2.75. The fourth-order valence-electron chi connectivity index (χ4n) is 2.75. The van der Waals surface area contributed by atoms with Crippen LogP contribution in [0, 0.1) is 11.3 Å². The van der Waals surface area contributed by atoms with Crippen molar-refractivity contribution >= 4 is 5.78 Å². The number of hydrogen-bond donors (Lipinski definition) is 1. The largest absolute Gasteiger partial charge is 0.390 e. The van der Waals surface area contributed by atoms with E-state index in [1.54, 1.807) is 13.0 Å². The minimum Gasteiger partial charge on any atom is -0.390 e. The topological polar surface area (TPSA) is 37.3 Å². The van der Waals surface area contributed by atoms with E-state index in [9.17, 15) is 9.90 Å². The van der Waals surface area contributed by atoms with Crippen LogP contribution in [0.4, 0.5) is 0 Å². The molecule has 1 saturated carbocycles. The lowest BCUT2D eigenvalue weighted by molar-refractivity contribution is -0.112. The van der Waals surface area contributed by atoms with Crippen LogP contribution in [-0.4, -0.2) is 16.5 Å². The number of rotatable bonds is 2. The van der Waals surface area contributed by atoms with Crippen molar-refractivity contribution in [3.05, 3.63) is 12.2 Å². The highest BCUT2D eigenvalue weighted by atomic mass is 16.3. The molecule has 15 heavy (non-hydrogen) atoms. The molecule has 0 heterocycles. The highest BCUT2D eigenvalue weighted by Gasteiger charge is 2.43. The molecule has 0 spiro atoms. The van der Waals surface area contributed by atoms with Crippen molar-refractivity contribution in [2.75, 3.05) is 0 Å². The first-order valence-electron chi connectivity index (χ1n) is 5.67. The summed E-state index contributed by atoms with van der Waals surface area (Å²) in [6.45, 7) is 7.75. The van der Waals surface area contributed by atoms with Gasteiger partial charge < -0.3 is 5.11 Å². The Hall–Kier alpha value is -0.630. The number of carbonyl (C=O) groups is 1. The summed E-state index contributed by atoms with van der Waals surface area (Å²) < 4.78 is 0. The van der Waals surface area contributed by atoms with Gasteiger partial charge in [-0.05, 0) is 38.2 Å². The van der Waals surface area contributed by atoms with E-state index in [0.717, 1.165) is 19.3 Å². The number of aliphatic hydroxyl groups is 1. The Balaban J connectivity index is 2.91. The highest BCUT2D eigenvalue weighted by Crippen LogP contribution is 2.46. The Labute approximate surface area is 92.4 Å². The van der Waals surface area contributed by atoms with E-state index in [4.69, 9.17) is 0 Å². The summed E-state index contributed by atoms with van der Waals surface area (Å²) in [5.41, 5.74) is -0.596. The van der Waals surface area contributed by atoms with Crippen LogP contribution < -0.4 is 0 Å². The SMILES string of the molecule is CC(=O)C=CC1C(C)(C)CCCC1(C)O. The number of allylic oxidation sites excluding steroid dienone is 1. The van der Waals surface area contributed by atoms with Crippen molar-refractivity contribution in [1.82, 2.24) is 0 Å². The molecule has 2 atom stereocenters. The molecule has 0 radical (unpaired) electrons. The molecule has 0 amide bonds. The van der Waals surface area contributed by atoms with Gasteiger partial charge in [0.05, 0.1) is 5.60 Å². The molecule has 1 aliphatic carbocycles. The Kier molecular flexibility index (Phi) is 3.39. The van der Waals surface area contributed by atoms with Crippen molar-refractivity contribution in [2.24, 2.45) is 11.3 Å². The van der Waals surface area contributed by atoms with Gasteiger partial charge in [0.15, 0.2) is 5.78 Å². The summed E-state index contributed by atoms with van der Waals surface area (Å²) in [4.78, 5) is 10.9. The van der Waals surface area contributed by atoms with Gasteiger partial charge in [-0.15, -0.1) is 0 Å². The van der Waals surface area contributed by atoms with Crippen LogP contribution in [0.2, 0.25) is 0 Å². The van der Waals surface area contributed by atoms with Crippen LogP contribution in [0.15, 0.2) is 12.2 Å². The zero-order valence-corrected chi connectivity index (χ0v) is 10.2. The van der Waals surface area contributed by atoms with Gasteiger partial charge >= 0.3 is 0 Å². The van der Waals surface area contributed by atoms with E-state index < -0.39 is 5.60 Å². The average Bonchev–Trinajstić information content (AvgIpc) is 1.99. The van der Waals surface area contributed by atoms with Crippen LogP contribution in [-0.2, 0) is 4.79 Å². The minimum absolute atomic E-state index is 0.0483. The standard InChI is InChI=1S/C13H22O2/c1-10(14)6-7-11-12(2,3)8-5-9-13(11,4)15/h6-7,11,15H,5,8-9H2,1-4H3. The van der Waals surface area contributed by atoms with Crippen molar-refractivity contribution < 1.29 is 9.90 Å². The van der Waals surface area contributed by atoms with E-state index in [1.807, 2.05) is 13.0 Å². The number of carbonyl (C=O) groups excluding carboxylic acids is 1. The van der Waals surface area contributed by atoms with E-state index >= 15 is 0 Å². The Morgan fingerprint density at radius 1 is 1.33 bits per heavy atom. The molecule has 2 unspecified atom stereocenters. The van der Waals surface area contributed by atoms with Crippen molar-refractivity contribution in [1.29, 1.82) is 0 Å². The molecule has 1 fully saturated rings. The quantitative estimate of drug-likeness (QED) is 0.711. The first-order chi connectivity index (χ1) is 6.76. The van der Waals surface area contributed by atoms with Crippen molar-refractivity contribution in [3.8, 4) is 0 Å². The van der Waals surface area contributed by atoms with E-state index in [0.29, 0.717) is 0 Å². The van der Waals surface area contributed by atoms with Crippen molar-refractivity contribution in [3.63, 3.8) is 0 Å². The zero-order valence-electron chi connectivity index (χ0n) is 10.2. The zero-order chi connectivity index (χ0) is 11.7. The molecule has 0 aromatic rings. The Bertz CT molecular complexity index is 258. The first kappa shape index (κ1) is 12.4. The molecule has 1 N–H and O–H groups in total. The lowest BCUT2D eigenvalue weighted by Gasteiger charge is -2.46. The third-order valence-electron chi connectivity index (χ3n) is 3.54. The predicted octanol–water partition coefficient (Wildman–Crippen LogP) is 2.71. The second-order valence-electron chi connectivity index (χ2n) is 5.65. The maximum absolute atomic E-state index is 10.9. The summed E-state index contributed by atoms with van der Waals surface area (Å²) in [6.07, 6.45) is 6.47. The maximum Gasteiger partial charge on any atom is 0.152 e. The summed E-state index contributed by atoms with van der Waals surface area (Å²) >= 11 is 0. The van der Waals surface area contributed by atoms with Gasteiger partial charge in [0.1, 0.15) is 0 Å². The Morgan fingerprint density at radius 3 is 2.40 bits per heavy atom. The van der Waals surface area contributed by atoms with E-state index in [2.05, 4.69) is 13.8 Å². The molecule has 0 aromatic heterocycles. The first-order valence-corrected chi connectivity index (χ1v) is 5.67. The molecule has 2 nitrogen and oxygen atoms in total. The third kappa shape index (κ3) is 2.91. The van der Waals surface area contributed by atoms with Crippen molar-refractivity contribution in [2.45, 2.75) is 52.6 Å². The normalized spacial score (nSPS) is 35.7. The average molecular weight is 210 g/mol. The summed E-state index contributed by atoms with van der Waals surface area (Å²) in [5, 5.41) is 10.3. The lowest BCUT2D eigenvalue weighted by Crippen LogP contribution is -2.46. The lowest BCUT2D eigenvalue weighted by atomic mass is 9.62. The molecular formula is C13H22O2. The third-order valence-corrected chi connectivity index (χ3v) is 3.54. The summed E-state index contributed by atoms with van der Waals surface area (Å²) in [7, 11) is 0. The molecule has 0 bridgehead atoms. The molecule has 0 aliphatic heterocycles. The molecule has 0 saturated heterocycles. The molecule has 1 rings (SSSR count).